The van der Waals surface area contributed by atoms with Crippen molar-refractivity contribution in [2.45, 2.75) is 58.2 Å². The van der Waals surface area contributed by atoms with Crippen LogP contribution in [-0.4, -0.2) is 44.9 Å². The molecule has 152 valence electrons. The van der Waals surface area contributed by atoms with Gasteiger partial charge >= 0.3 is 0 Å². The van der Waals surface area contributed by atoms with Gasteiger partial charge in [0.05, 0.1) is 22.2 Å². The molecule has 1 unspecified atom stereocenters. The predicted octanol–water partition coefficient (Wildman–Crippen LogP) is 5.40. The summed E-state index contributed by atoms with van der Waals surface area (Å²) in [6.07, 6.45) is 2.09. The van der Waals surface area contributed by atoms with Crippen LogP contribution in [0.3, 0.4) is 0 Å². The topological polar surface area (TPSA) is 36.1 Å². The lowest BCUT2D eigenvalue weighted by atomic mass is 9.87. The van der Waals surface area contributed by atoms with Gasteiger partial charge in [-0.1, -0.05) is 57.5 Å². The predicted molar refractivity (Wildman–Crippen MR) is 127 cm³/mol. The monoisotopic (exact) mass is 420 g/mol. The van der Waals surface area contributed by atoms with Gasteiger partial charge in [0.25, 0.3) is 0 Å². The van der Waals surface area contributed by atoms with Crippen LogP contribution in [0.15, 0.2) is 45.8 Å². The average Bonchev–Trinajstić information content (AvgIpc) is 3.13. The van der Waals surface area contributed by atoms with Gasteiger partial charge in [0.2, 0.25) is 0 Å². The van der Waals surface area contributed by atoms with Crippen LogP contribution in [0, 0.1) is 0 Å². The Bertz CT molecular complexity index is 1110. The second-order valence-electron chi connectivity index (χ2n) is 11.0. The Morgan fingerprint density at radius 3 is 2.31 bits per heavy atom. The van der Waals surface area contributed by atoms with Crippen molar-refractivity contribution in [3.05, 3.63) is 57.1 Å². The molecule has 1 aromatic heterocycles. The van der Waals surface area contributed by atoms with Crippen molar-refractivity contribution >= 4 is 32.8 Å². The Labute approximate surface area is 175 Å². The Kier molecular flexibility index (Phi) is 4.09. The molecule has 2 aromatic rings. The average molecular weight is 421 g/mol. The van der Waals surface area contributed by atoms with E-state index in [1.165, 1.54) is 43.7 Å². The first kappa shape index (κ1) is 19.3. The Hall–Kier alpha value is -1.70. The Balaban J connectivity index is 1.67. The normalized spacial score (nSPS) is 23.0. The van der Waals surface area contributed by atoms with Gasteiger partial charge in [-0.05, 0) is 46.0 Å². The number of benzene rings is 1. The van der Waals surface area contributed by atoms with Crippen molar-refractivity contribution in [3.63, 3.8) is 0 Å². The number of nitrogens with one attached hydrogen (secondary N) is 1. The number of ketones is 1. The van der Waals surface area contributed by atoms with Crippen molar-refractivity contribution in [3.8, 4) is 0 Å². The molecule has 3 nitrogen and oxygen atoms in total. The first-order valence-electron chi connectivity index (χ1n) is 10.9. The zero-order valence-electron chi connectivity index (χ0n) is 18.6. The summed E-state index contributed by atoms with van der Waals surface area (Å²) in [5.74, 6) is 0.421. The Morgan fingerprint density at radius 2 is 1.62 bits per heavy atom. The summed E-state index contributed by atoms with van der Waals surface area (Å²) in [5.41, 5.74) is 7.00. The highest BCUT2D eigenvalue weighted by molar-refractivity contribution is 6.94. The molecule has 1 atom stereocenters. The van der Waals surface area contributed by atoms with Crippen molar-refractivity contribution < 1.29 is 4.79 Å². The van der Waals surface area contributed by atoms with E-state index in [0.29, 0.717) is 11.8 Å². The summed E-state index contributed by atoms with van der Waals surface area (Å²) in [7, 11) is -3.41. The number of hydrogen-bond acceptors (Lipinski definition) is 2. The number of aromatic nitrogens is 1. The van der Waals surface area contributed by atoms with Crippen molar-refractivity contribution in [1.29, 1.82) is 0 Å². The first-order chi connectivity index (χ1) is 13.6. The summed E-state index contributed by atoms with van der Waals surface area (Å²) in [4.78, 5) is 20.1. The standard InChI is InChI=1S/C24H32N2OSi2/c1-28(2,3)23-17-13-20-21-16(15-9-7-8-10-19(15)25-21)11-12-26(20)14-18(17)24(22(23)27)29(4,5)6/h7-10,20,25H,11-14H2,1-6H3. The van der Waals surface area contributed by atoms with E-state index in [1.807, 2.05) is 0 Å². The smallest absolute Gasteiger partial charge is 0.177 e. The highest BCUT2D eigenvalue weighted by Crippen LogP contribution is 2.49. The number of carbonyl (C=O) groups is 1. The molecule has 0 saturated carbocycles. The van der Waals surface area contributed by atoms with E-state index >= 15 is 0 Å². The number of H-pyrrole nitrogens is 1. The van der Waals surface area contributed by atoms with E-state index < -0.39 is 16.1 Å². The molecule has 2 aliphatic heterocycles. The van der Waals surface area contributed by atoms with Crippen LogP contribution >= 0.6 is 0 Å². The van der Waals surface area contributed by atoms with Crippen LogP contribution in [0.1, 0.15) is 23.7 Å². The number of piperidine rings is 1. The summed E-state index contributed by atoms with van der Waals surface area (Å²) in [6, 6.07) is 9.09. The van der Waals surface area contributed by atoms with Gasteiger partial charge in [0.15, 0.2) is 5.78 Å². The van der Waals surface area contributed by atoms with Crippen LogP contribution in [0.25, 0.3) is 10.9 Å². The molecule has 1 N–H and O–H groups in total. The first-order valence-corrected chi connectivity index (χ1v) is 17.9. The third-order valence-electron chi connectivity index (χ3n) is 6.95. The fourth-order valence-electron chi connectivity index (χ4n) is 5.87. The molecule has 5 heteroatoms. The maximum atomic E-state index is 13.7. The molecule has 0 bridgehead atoms. The molecule has 1 aliphatic carbocycles. The molecule has 0 amide bonds. The van der Waals surface area contributed by atoms with Gasteiger partial charge in [-0.15, -0.1) is 0 Å². The number of para-hydroxylation sites is 1. The maximum Gasteiger partial charge on any atom is 0.177 e. The molecule has 1 fully saturated rings. The number of nitrogens with zero attached hydrogens (tertiary/aromatic N) is 1. The summed E-state index contributed by atoms with van der Waals surface area (Å²) in [6.45, 7) is 16.1. The number of fused-ring (bicyclic) bond motifs is 6. The van der Waals surface area contributed by atoms with E-state index in [9.17, 15) is 4.79 Å². The van der Waals surface area contributed by atoms with Gasteiger partial charge in [-0.2, -0.15) is 0 Å². The van der Waals surface area contributed by atoms with Gasteiger partial charge < -0.3 is 4.98 Å². The molecular weight excluding hydrogens is 388 g/mol. The minimum absolute atomic E-state index is 0.380. The SMILES string of the molecule is C[Si](C)(C)C1=C2CC3c4[nH]c5ccccc5c4CCN3CC2=C([Si](C)(C)C)C1=O. The lowest BCUT2D eigenvalue weighted by molar-refractivity contribution is -0.111. The molecule has 0 spiro atoms. The number of allylic oxidation sites excluding steroid dienone is 2. The second-order valence-corrected chi connectivity index (χ2v) is 21.0. The largest absolute Gasteiger partial charge is 0.357 e. The fourth-order valence-corrected chi connectivity index (χ4v) is 9.90. The van der Waals surface area contributed by atoms with E-state index in [4.69, 9.17) is 0 Å². The van der Waals surface area contributed by atoms with Gasteiger partial charge in [-0.3, -0.25) is 9.69 Å². The fraction of sp³-hybridized carbons (Fsp3) is 0.458. The van der Waals surface area contributed by atoms with Crippen LogP contribution in [0.4, 0.5) is 0 Å². The molecular formula is C24H32N2OSi2. The minimum atomic E-state index is -1.71. The number of hydrogen-bond donors (Lipinski definition) is 1. The van der Waals surface area contributed by atoms with Gasteiger partial charge in [0, 0.05) is 29.7 Å². The number of Topliss-reactive ketones (excluding diaryl/α,β-unsaturated/α-hetero) is 1. The third-order valence-corrected chi connectivity index (χ3v) is 11.0. The van der Waals surface area contributed by atoms with E-state index in [0.717, 1.165) is 25.9 Å². The van der Waals surface area contributed by atoms with Gasteiger partial charge in [0.1, 0.15) is 0 Å². The second kappa shape index (κ2) is 6.16. The molecule has 1 saturated heterocycles. The maximum absolute atomic E-state index is 13.7. The van der Waals surface area contributed by atoms with Gasteiger partial charge in [-0.25, -0.2) is 0 Å². The molecule has 5 rings (SSSR count). The Morgan fingerprint density at radius 1 is 0.966 bits per heavy atom. The summed E-state index contributed by atoms with van der Waals surface area (Å²) < 4.78 is 0. The molecule has 1 aromatic carbocycles. The quantitative estimate of drug-likeness (QED) is 0.660. The summed E-state index contributed by atoms with van der Waals surface area (Å²) >= 11 is 0. The lowest BCUT2D eigenvalue weighted by Gasteiger charge is -2.42. The van der Waals surface area contributed by atoms with Crippen molar-refractivity contribution in [1.82, 2.24) is 9.88 Å². The van der Waals surface area contributed by atoms with Crippen molar-refractivity contribution in [2.24, 2.45) is 0 Å². The summed E-state index contributed by atoms with van der Waals surface area (Å²) in [5, 5.41) is 3.84. The van der Waals surface area contributed by atoms with Crippen molar-refractivity contribution in [2.75, 3.05) is 13.1 Å². The van der Waals surface area contributed by atoms with Crippen LogP contribution < -0.4 is 0 Å². The molecule has 0 radical (unpaired) electrons. The van der Waals surface area contributed by atoms with E-state index in [-0.39, 0.29) is 0 Å². The van der Waals surface area contributed by atoms with Crippen LogP contribution in [0.5, 0.6) is 0 Å². The van der Waals surface area contributed by atoms with Crippen LogP contribution in [0.2, 0.25) is 39.3 Å². The highest BCUT2D eigenvalue weighted by atomic mass is 28.3. The van der Waals surface area contributed by atoms with E-state index in [1.54, 1.807) is 0 Å². The van der Waals surface area contributed by atoms with E-state index in [2.05, 4.69) is 73.4 Å². The number of aromatic amines is 1. The lowest BCUT2D eigenvalue weighted by Crippen LogP contribution is -2.41. The third kappa shape index (κ3) is 2.81. The number of carbonyl (C=O) groups excluding carboxylic acids is 1. The zero-order valence-corrected chi connectivity index (χ0v) is 20.6. The van der Waals surface area contributed by atoms with Crippen LogP contribution in [-0.2, 0) is 11.2 Å². The zero-order chi connectivity index (χ0) is 20.7. The molecule has 3 heterocycles. The highest BCUT2D eigenvalue weighted by Gasteiger charge is 2.47. The number of rotatable bonds is 2. The minimum Gasteiger partial charge on any atom is -0.357 e. The molecule has 3 aliphatic rings. The molecule has 29 heavy (non-hydrogen) atoms.